The average Bonchev–Trinajstić information content (AvgIpc) is 3.20. The number of hydrogen-bond acceptors (Lipinski definition) is 11. The first-order valence-electron chi connectivity index (χ1n) is 20.8. The Bertz CT molecular complexity index is 2020. The van der Waals surface area contributed by atoms with Crippen LogP contribution in [-0.4, -0.2) is 151 Å². The van der Waals surface area contributed by atoms with Gasteiger partial charge < -0.3 is 29.7 Å². The zero-order valence-corrected chi connectivity index (χ0v) is 35.7. The van der Waals surface area contributed by atoms with Gasteiger partial charge in [-0.1, -0.05) is 0 Å². The van der Waals surface area contributed by atoms with Crippen molar-refractivity contribution in [2.24, 2.45) is 0 Å². The molecule has 3 aliphatic rings. The number of esters is 1. The van der Waals surface area contributed by atoms with E-state index in [9.17, 15) is 31.9 Å². The summed E-state index contributed by atoms with van der Waals surface area (Å²) in [4.78, 5) is 60.0. The van der Waals surface area contributed by atoms with Gasteiger partial charge in [-0.3, -0.25) is 24.2 Å². The molecular weight excluding hydrogens is 802 g/mol. The van der Waals surface area contributed by atoms with Gasteiger partial charge in [-0.2, -0.15) is 13.2 Å². The predicted molar refractivity (Wildman–Crippen MR) is 222 cm³/mol. The summed E-state index contributed by atoms with van der Waals surface area (Å²) in [6, 6.07) is 4.54. The molecule has 6 rings (SSSR count). The Hall–Kier alpha value is -4.94. The van der Waals surface area contributed by atoms with Gasteiger partial charge in [0.2, 0.25) is 11.9 Å². The molecule has 4 heterocycles. The summed E-state index contributed by atoms with van der Waals surface area (Å²) in [6.45, 7) is 16.7. The van der Waals surface area contributed by atoms with E-state index >= 15 is 4.39 Å². The van der Waals surface area contributed by atoms with Gasteiger partial charge in [-0.15, -0.1) is 0 Å². The van der Waals surface area contributed by atoms with Gasteiger partial charge in [0, 0.05) is 107 Å². The average molecular weight is 858 g/mol. The molecule has 13 nitrogen and oxygen atoms in total. The van der Waals surface area contributed by atoms with Crippen LogP contribution in [0.3, 0.4) is 0 Å². The fraction of sp³-hybridized carbons (Fsp3) is 0.558. The molecule has 1 N–H and O–H groups in total. The Labute approximate surface area is 353 Å². The van der Waals surface area contributed by atoms with Crippen molar-refractivity contribution in [1.82, 2.24) is 29.6 Å². The summed E-state index contributed by atoms with van der Waals surface area (Å²) in [5.74, 6) is -2.67. The second kappa shape index (κ2) is 19.0. The number of likely N-dealkylation sites (N-methyl/N-ethyl adjacent to an activating group) is 1. The number of nitrogens with zero attached hydrogens (tertiary/aromatic N) is 8. The van der Waals surface area contributed by atoms with Gasteiger partial charge in [-0.05, 0) is 85.0 Å². The van der Waals surface area contributed by atoms with Crippen LogP contribution in [0.2, 0.25) is 0 Å². The summed E-state index contributed by atoms with van der Waals surface area (Å²) in [5.41, 5.74) is -2.03. The molecule has 1 aromatic heterocycles. The maximum absolute atomic E-state index is 16.1. The van der Waals surface area contributed by atoms with Crippen LogP contribution < -0.4 is 15.1 Å². The number of rotatable bonds is 11. The van der Waals surface area contributed by atoms with Crippen molar-refractivity contribution in [3.8, 4) is 11.1 Å². The molecular formula is C43H56F5N9O4. The molecule has 0 radical (unpaired) electrons. The molecule has 332 valence electrons. The number of piperazine rings is 3. The van der Waals surface area contributed by atoms with E-state index in [1.54, 1.807) is 0 Å². The van der Waals surface area contributed by atoms with E-state index < -0.39 is 40.4 Å². The van der Waals surface area contributed by atoms with Gasteiger partial charge in [-0.25, -0.2) is 18.7 Å². The molecule has 0 saturated carbocycles. The first kappa shape index (κ1) is 45.6. The molecule has 0 bridgehead atoms. The fourth-order valence-electron chi connectivity index (χ4n) is 7.97. The minimum Gasteiger partial charge on any atom is -0.460 e. The largest absolute Gasteiger partial charge is 0.460 e. The fourth-order valence-corrected chi connectivity index (χ4v) is 7.97. The van der Waals surface area contributed by atoms with Crippen molar-refractivity contribution in [1.29, 1.82) is 0 Å². The number of aromatic nitrogens is 2. The number of carbonyl (C=O) groups is 3. The van der Waals surface area contributed by atoms with Crippen LogP contribution in [-0.2, 0) is 20.5 Å². The van der Waals surface area contributed by atoms with Crippen molar-refractivity contribution < 1.29 is 41.1 Å². The number of anilines is 3. The molecule has 3 fully saturated rings. The minimum absolute atomic E-state index is 0.0213. The smallest absolute Gasteiger partial charge is 0.417 e. The van der Waals surface area contributed by atoms with Crippen LogP contribution in [0.5, 0.6) is 0 Å². The molecule has 3 saturated heterocycles. The third-order valence-corrected chi connectivity index (χ3v) is 11.5. The van der Waals surface area contributed by atoms with Gasteiger partial charge in [0.1, 0.15) is 17.2 Å². The predicted octanol–water partition coefficient (Wildman–Crippen LogP) is 5.61. The normalized spacial score (nSPS) is 19.9. The lowest BCUT2D eigenvalue weighted by Crippen LogP contribution is -2.55. The minimum atomic E-state index is -5.00. The molecule has 2 aromatic carbocycles. The first-order valence-corrected chi connectivity index (χ1v) is 20.8. The van der Waals surface area contributed by atoms with E-state index in [-0.39, 0.29) is 52.5 Å². The third kappa shape index (κ3) is 11.7. The number of amides is 2. The Balaban J connectivity index is 1.08. The van der Waals surface area contributed by atoms with Crippen molar-refractivity contribution >= 4 is 35.1 Å². The van der Waals surface area contributed by atoms with Gasteiger partial charge in [0.05, 0.1) is 29.0 Å². The van der Waals surface area contributed by atoms with E-state index in [1.807, 2.05) is 56.4 Å². The first-order chi connectivity index (χ1) is 28.8. The number of carbonyl (C=O) groups excluding carboxylic acids is 3. The molecule has 3 aliphatic heterocycles. The molecule has 0 spiro atoms. The maximum Gasteiger partial charge on any atom is 0.417 e. The van der Waals surface area contributed by atoms with Crippen molar-refractivity contribution in [3.05, 3.63) is 65.5 Å². The van der Waals surface area contributed by atoms with Gasteiger partial charge in [0.25, 0.3) is 5.91 Å². The van der Waals surface area contributed by atoms with Crippen LogP contribution in [0.4, 0.5) is 39.3 Å². The van der Waals surface area contributed by atoms with Gasteiger partial charge in [0.15, 0.2) is 0 Å². The van der Waals surface area contributed by atoms with Crippen molar-refractivity contribution in [2.75, 3.05) is 101 Å². The summed E-state index contributed by atoms with van der Waals surface area (Å²) in [6.07, 6.45) is -1.00. The Morgan fingerprint density at radius 3 is 2.07 bits per heavy atom. The van der Waals surface area contributed by atoms with Crippen LogP contribution in [0, 0.1) is 11.6 Å². The Morgan fingerprint density at radius 1 is 0.836 bits per heavy atom. The van der Waals surface area contributed by atoms with Crippen LogP contribution in [0.15, 0.2) is 42.7 Å². The lowest BCUT2D eigenvalue weighted by molar-refractivity contribution is -0.155. The standard InChI is InChI=1S/C43H56F5N9O4/c1-28-25-57(26-29(2)52(28)6)37-22-35(45)33(21-36(37)51-40(60)32-10-9-31(44)20-34(32)43(46,47)48)30-23-49-41(50-24-30)56-18-16-55(17-19-56)38(58)27-54-14-12-53(13-15-54)11-7-8-39(59)61-42(3,4)5/h9-10,20-24,28-29H,7-8,11-19,25-27H2,1-6H3,(H,51,60)/t28-,29+. The van der Waals surface area contributed by atoms with E-state index in [1.165, 1.54) is 24.5 Å². The number of benzene rings is 2. The number of halogens is 5. The molecule has 18 heteroatoms. The zero-order valence-electron chi connectivity index (χ0n) is 35.7. The Kier molecular flexibility index (Phi) is 14.2. The number of nitrogens with one attached hydrogen (secondary N) is 1. The molecule has 3 aromatic rings. The highest BCUT2D eigenvalue weighted by Gasteiger charge is 2.37. The monoisotopic (exact) mass is 857 g/mol. The SMILES string of the molecule is C[C@@H]1CN(c2cc(F)c(-c3cnc(N4CCN(C(=O)CN5CCN(CCCC(=O)OC(C)(C)C)CC5)CC4)nc3)cc2NC(=O)c2ccc(F)cc2C(F)(F)F)C[C@H](C)N1C. The highest BCUT2D eigenvalue weighted by Crippen LogP contribution is 2.38. The number of alkyl halides is 3. The van der Waals surface area contributed by atoms with E-state index in [0.717, 1.165) is 51.3 Å². The second-order valence-electron chi connectivity index (χ2n) is 17.2. The van der Waals surface area contributed by atoms with E-state index in [0.29, 0.717) is 58.2 Å². The lowest BCUT2D eigenvalue weighted by atomic mass is 10.0. The van der Waals surface area contributed by atoms with Crippen LogP contribution in [0.1, 0.15) is 63.4 Å². The van der Waals surface area contributed by atoms with Crippen molar-refractivity contribution in [2.45, 2.75) is 71.3 Å². The second-order valence-corrected chi connectivity index (χ2v) is 17.2. The van der Waals surface area contributed by atoms with Crippen LogP contribution in [0.25, 0.3) is 11.1 Å². The molecule has 61 heavy (non-hydrogen) atoms. The summed E-state index contributed by atoms with van der Waals surface area (Å²) in [5, 5.41) is 2.57. The van der Waals surface area contributed by atoms with E-state index in [4.69, 9.17) is 4.74 Å². The topological polar surface area (TPSA) is 118 Å². The summed E-state index contributed by atoms with van der Waals surface area (Å²) < 4.78 is 77.1. The van der Waals surface area contributed by atoms with Crippen LogP contribution >= 0.6 is 0 Å². The quantitative estimate of drug-likeness (QED) is 0.192. The lowest BCUT2D eigenvalue weighted by Gasteiger charge is -2.44. The molecule has 0 unspecified atom stereocenters. The number of hydrogen-bond donors (Lipinski definition) is 1. The maximum atomic E-state index is 16.1. The molecule has 2 atom stereocenters. The number of ether oxygens (including phenoxy) is 1. The third-order valence-electron chi connectivity index (χ3n) is 11.5. The Morgan fingerprint density at radius 2 is 1.46 bits per heavy atom. The zero-order chi connectivity index (χ0) is 44.2. The molecule has 0 aliphatic carbocycles. The highest BCUT2D eigenvalue weighted by molar-refractivity contribution is 6.07. The van der Waals surface area contributed by atoms with E-state index in [2.05, 4.69) is 30.0 Å². The summed E-state index contributed by atoms with van der Waals surface area (Å²) in [7, 11) is 1.97. The molecule has 2 amide bonds. The van der Waals surface area contributed by atoms with Crippen molar-refractivity contribution in [3.63, 3.8) is 0 Å². The summed E-state index contributed by atoms with van der Waals surface area (Å²) >= 11 is 0. The highest BCUT2D eigenvalue weighted by atomic mass is 19.4. The van der Waals surface area contributed by atoms with Gasteiger partial charge >= 0.3 is 12.1 Å².